The topological polar surface area (TPSA) is 332 Å². The van der Waals surface area contributed by atoms with Crippen molar-refractivity contribution in [3.05, 3.63) is 12.2 Å². The number of amides is 6. The van der Waals surface area contributed by atoms with Gasteiger partial charge >= 0.3 is 0 Å². The van der Waals surface area contributed by atoms with Crippen LogP contribution in [0.4, 0.5) is 0 Å². The molecule has 0 saturated heterocycles. The summed E-state index contributed by atoms with van der Waals surface area (Å²) in [6, 6.07) is 0. The van der Waals surface area contributed by atoms with Crippen molar-refractivity contribution in [2.75, 3.05) is 164 Å². The first-order valence-corrected chi connectivity index (χ1v) is 27.4. The Kier molecular flexibility index (Phi) is 45.3. The number of ether oxygens (including phenoxy) is 3. The highest BCUT2D eigenvalue weighted by molar-refractivity contribution is 6.13. The van der Waals surface area contributed by atoms with Crippen LogP contribution < -0.4 is 70.4 Å². The number of hydrogen-bond acceptors (Lipinski definition) is 18. The lowest BCUT2D eigenvalue weighted by Gasteiger charge is -2.34. The van der Waals surface area contributed by atoms with Crippen LogP contribution in [-0.4, -0.2) is 210 Å². The van der Waals surface area contributed by atoms with Crippen molar-refractivity contribution in [1.82, 2.24) is 58.1 Å². The van der Waals surface area contributed by atoms with Crippen molar-refractivity contribution in [2.24, 2.45) is 17.2 Å². The number of nitrogens with two attached hydrogens (primary N) is 3. The van der Waals surface area contributed by atoms with E-state index < -0.39 is 23.3 Å². The van der Waals surface area contributed by atoms with Crippen molar-refractivity contribution in [3.8, 4) is 0 Å². The second kappa shape index (κ2) is 49.2. The van der Waals surface area contributed by atoms with E-state index in [4.69, 9.17) is 31.4 Å². The predicted molar refractivity (Wildman–Crippen MR) is 286 cm³/mol. The number of hydrogen-bond donors (Lipinski definition) is 13. The monoisotopic (exact) mass is 1040 g/mol. The molecule has 23 nitrogen and oxygen atoms in total. The van der Waals surface area contributed by atoms with Gasteiger partial charge < -0.3 is 84.6 Å². The molecule has 0 spiro atoms. The van der Waals surface area contributed by atoms with E-state index in [-0.39, 0.29) is 89.6 Å². The van der Waals surface area contributed by atoms with E-state index in [1.165, 1.54) is 0 Å². The first kappa shape index (κ1) is 67.3. The van der Waals surface area contributed by atoms with Crippen molar-refractivity contribution in [2.45, 2.75) is 108 Å². The van der Waals surface area contributed by atoms with Gasteiger partial charge in [0.1, 0.15) is 5.54 Å². The van der Waals surface area contributed by atoms with Crippen LogP contribution in [0.15, 0.2) is 12.2 Å². The summed E-state index contributed by atoms with van der Waals surface area (Å²) < 4.78 is 18.1. The van der Waals surface area contributed by atoms with Gasteiger partial charge in [-0.25, -0.2) is 0 Å². The van der Waals surface area contributed by atoms with Gasteiger partial charge in [-0.1, -0.05) is 0 Å². The Morgan fingerprint density at radius 3 is 0.986 bits per heavy atom. The third-order valence-corrected chi connectivity index (χ3v) is 11.5. The third-order valence-electron chi connectivity index (χ3n) is 11.5. The van der Waals surface area contributed by atoms with Gasteiger partial charge in [0, 0.05) is 64.0 Å². The number of unbranched alkanes of at least 4 members (excludes halogenated alkanes) is 3. The lowest BCUT2D eigenvalue weighted by Crippen LogP contribution is -2.59. The molecule has 73 heavy (non-hydrogen) atoms. The highest BCUT2D eigenvalue weighted by Crippen LogP contribution is 2.12. The number of rotatable bonds is 55. The summed E-state index contributed by atoms with van der Waals surface area (Å²) in [6.07, 6.45) is 13.9. The number of carbonyl (C=O) groups is 6. The Morgan fingerprint density at radius 1 is 0.397 bits per heavy atom. The first-order valence-electron chi connectivity index (χ1n) is 27.4. The van der Waals surface area contributed by atoms with E-state index >= 15 is 0 Å². The predicted octanol–water partition coefficient (Wildman–Crippen LogP) is -2.18. The van der Waals surface area contributed by atoms with E-state index in [0.29, 0.717) is 39.3 Å². The fourth-order valence-electron chi connectivity index (χ4n) is 7.27. The molecule has 0 aromatic rings. The quantitative estimate of drug-likeness (QED) is 0.0228. The average Bonchev–Trinajstić information content (AvgIpc) is 3.70. The second-order valence-corrected chi connectivity index (χ2v) is 18.3. The van der Waals surface area contributed by atoms with E-state index in [1.807, 2.05) is 0 Å². The molecular formula is C50H100N14O9. The number of nitrogens with one attached hydrogen (secondary N) is 10. The summed E-state index contributed by atoms with van der Waals surface area (Å²) >= 11 is 0. The molecule has 1 heterocycles. The molecule has 0 fully saturated rings. The SMILES string of the molecule is NCCCNCCCCNCCCNC(=O)CCOCC(COCCC(=O)NCCCNCCCCNCCCN)(COCCC(=O)NCCCNCCCCNCCCN)NC(=O)CCN1C(=O)C=CC1=O. The minimum absolute atomic E-state index is 0.0247. The summed E-state index contributed by atoms with van der Waals surface area (Å²) in [5.74, 6) is -2.09. The van der Waals surface area contributed by atoms with Gasteiger partial charge in [-0.15, -0.1) is 0 Å². The van der Waals surface area contributed by atoms with E-state index in [2.05, 4.69) is 53.2 Å². The maximum atomic E-state index is 13.6. The molecule has 0 bridgehead atoms. The maximum Gasteiger partial charge on any atom is 0.253 e. The van der Waals surface area contributed by atoms with Gasteiger partial charge in [0.05, 0.1) is 39.6 Å². The molecule has 0 atom stereocenters. The van der Waals surface area contributed by atoms with Crippen LogP contribution in [0.5, 0.6) is 0 Å². The Balaban J connectivity index is 2.75. The molecule has 0 radical (unpaired) electrons. The van der Waals surface area contributed by atoms with Crippen LogP contribution in [-0.2, 0) is 43.0 Å². The van der Waals surface area contributed by atoms with Gasteiger partial charge in [-0.2, -0.15) is 0 Å². The molecule has 6 amide bonds. The van der Waals surface area contributed by atoms with Gasteiger partial charge in [-0.3, -0.25) is 33.7 Å². The summed E-state index contributed by atoms with van der Waals surface area (Å²) in [5.41, 5.74) is 15.2. The molecule has 1 aliphatic rings. The number of nitrogens with zero attached hydrogens (tertiary/aromatic N) is 1. The Labute approximate surface area is 437 Å². The zero-order valence-corrected chi connectivity index (χ0v) is 44.5. The maximum absolute atomic E-state index is 13.6. The summed E-state index contributed by atoms with van der Waals surface area (Å²) in [7, 11) is 0. The molecule has 1 rings (SSSR count). The molecule has 0 aromatic carbocycles. The largest absolute Gasteiger partial charge is 0.378 e. The van der Waals surface area contributed by atoms with Crippen molar-refractivity contribution >= 4 is 35.4 Å². The summed E-state index contributed by atoms with van der Waals surface area (Å²) in [4.78, 5) is 77.2. The van der Waals surface area contributed by atoms with Gasteiger partial charge in [0.15, 0.2) is 0 Å². The van der Waals surface area contributed by atoms with Gasteiger partial charge in [-0.05, 0) is 175 Å². The molecule has 1 aliphatic heterocycles. The fourth-order valence-corrected chi connectivity index (χ4v) is 7.27. The zero-order chi connectivity index (χ0) is 53.1. The zero-order valence-electron chi connectivity index (χ0n) is 44.5. The summed E-state index contributed by atoms with van der Waals surface area (Å²) in [6.45, 7) is 13.8. The minimum atomic E-state index is -1.33. The molecule has 0 aromatic heterocycles. The van der Waals surface area contributed by atoms with Gasteiger partial charge in [0.2, 0.25) is 23.6 Å². The first-order chi connectivity index (χ1) is 35.7. The lowest BCUT2D eigenvalue weighted by atomic mass is 10.0. The lowest BCUT2D eigenvalue weighted by molar-refractivity contribution is -0.138. The van der Waals surface area contributed by atoms with E-state index in [1.54, 1.807) is 0 Å². The molecule has 0 aliphatic carbocycles. The van der Waals surface area contributed by atoms with E-state index in [9.17, 15) is 28.8 Å². The van der Waals surface area contributed by atoms with Crippen LogP contribution >= 0.6 is 0 Å². The van der Waals surface area contributed by atoms with Gasteiger partial charge in [0.25, 0.3) is 11.8 Å². The van der Waals surface area contributed by atoms with E-state index in [0.717, 1.165) is 173 Å². The molecule has 23 heteroatoms. The highest BCUT2D eigenvalue weighted by Gasteiger charge is 2.35. The average molecular weight is 1040 g/mol. The van der Waals surface area contributed by atoms with Crippen LogP contribution in [0.1, 0.15) is 103 Å². The molecular weight excluding hydrogens is 941 g/mol. The Bertz CT molecular complexity index is 1320. The van der Waals surface area contributed by atoms with Crippen LogP contribution in [0.2, 0.25) is 0 Å². The number of imide groups is 1. The standard InChI is InChI=1S/C50H100N14O9/c51-19-7-28-54-22-1-4-25-57-31-10-34-60-44(65)16-38-71-41-50(63-47(68)15-37-64-48(69)13-14-49(64)70,42-72-39-17-45(66)61-35-11-32-58-26-5-2-23-55-29-8-20-52)43-73-40-18-46(67)62-36-12-33-59-27-6-3-24-56-30-9-21-53/h13-14,54-59H,1-12,15-43,51-53H2,(H,60,65)(H,61,66)(H,62,67)(H,63,68). The molecule has 16 N–H and O–H groups in total. The van der Waals surface area contributed by atoms with Crippen molar-refractivity contribution in [1.29, 1.82) is 0 Å². The smallest absolute Gasteiger partial charge is 0.253 e. The normalized spacial score (nSPS) is 12.5. The van der Waals surface area contributed by atoms with Crippen LogP contribution in [0.25, 0.3) is 0 Å². The Morgan fingerprint density at radius 2 is 0.685 bits per heavy atom. The third kappa shape index (κ3) is 41.2. The summed E-state index contributed by atoms with van der Waals surface area (Å²) in [5, 5.41) is 32.0. The molecule has 0 unspecified atom stereocenters. The highest BCUT2D eigenvalue weighted by atomic mass is 16.5. The second-order valence-electron chi connectivity index (χ2n) is 18.3. The fraction of sp³-hybridized carbons (Fsp3) is 0.840. The minimum Gasteiger partial charge on any atom is -0.378 e. The molecule has 424 valence electrons. The molecule has 0 saturated carbocycles. The van der Waals surface area contributed by atoms with Crippen LogP contribution in [0, 0.1) is 0 Å². The van der Waals surface area contributed by atoms with Crippen molar-refractivity contribution < 1.29 is 43.0 Å². The van der Waals surface area contributed by atoms with Crippen LogP contribution in [0.3, 0.4) is 0 Å². The van der Waals surface area contributed by atoms with Crippen molar-refractivity contribution in [3.63, 3.8) is 0 Å². The number of carbonyl (C=O) groups excluding carboxylic acids is 6. The Hall–Kier alpha value is -3.72.